The average Bonchev–Trinajstić information content (AvgIpc) is 2.50. The zero-order valence-corrected chi connectivity index (χ0v) is 12.3. The van der Waals surface area contributed by atoms with Crippen molar-refractivity contribution in [3.05, 3.63) is 40.9 Å². The molecule has 1 aromatic carbocycles. The van der Waals surface area contributed by atoms with Crippen LogP contribution in [-0.2, 0) is 0 Å². The van der Waals surface area contributed by atoms with Gasteiger partial charge >= 0.3 is 0 Å². The van der Waals surface area contributed by atoms with Gasteiger partial charge in [-0.1, -0.05) is 17.7 Å². The molecular weight excluding hydrogens is 274 g/mol. The maximum atomic E-state index is 12.7. The number of halogens is 1. The number of benzene rings is 1. The van der Waals surface area contributed by atoms with Gasteiger partial charge in [0, 0.05) is 17.6 Å². The molecule has 2 bridgehead atoms. The van der Waals surface area contributed by atoms with E-state index in [9.17, 15) is 4.79 Å². The van der Waals surface area contributed by atoms with E-state index >= 15 is 0 Å². The Morgan fingerprint density at radius 3 is 3.10 bits per heavy atom. The van der Waals surface area contributed by atoms with Crippen molar-refractivity contribution in [2.45, 2.75) is 24.8 Å². The number of fused-ring (bicyclic) bond motifs is 4. The number of likely N-dealkylation sites (tertiary alicyclic amines) is 1. The molecule has 1 aliphatic heterocycles. The Labute approximate surface area is 124 Å². The molecule has 0 saturated carbocycles. The van der Waals surface area contributed by atoms with Crippen LogP contribution < -0.4 is 4.74 Å². The first kappa shape index (κ1) is 13.7. The number of rotatable bonds is 3. The second kappa shape index (κ2) is 5.58. The molecular formula is C16H18ClNO2. The number of hydrogen-bond donors (Lipinski definition) is 0. The van der Waals surface area contributed by atoms with Crippen LogP contribution in [0.15, 0.2) is 29.8 Å². The van der Waals surface area contributed by atoms with Crippen molar-refractivity contribution in [2.75, 3.05) is 20.2 Å². The van der Waals surface area contributed by atoms with Crippen molar-refractivity contribution < 1.29 is 9.53 Å². The Hall–Kier alpha value is -1.32. The third kappa shape index (κ3) is 2.25. The molecule has 0 N–H and O–H groups in total. The Morgan fingerprint density at radius 2 is 2.35 bits per heavy atom. The van der Waals surface area contributed by atoms with Gasteiger partial charge in [0.05, 0.1) is 13.2 Å². The van der Waals surface area contributed by atoms with Crippen LogP contribution in [0.1, 0.15) is 34.7 Å². The van der Waals surface area contributed by atoms with E-state index < -0.39 is 0 Å². The van der Waals surface area contributed by atoms with E-state index in [1.165, 1.54) is 5.54 Å². The van der Waals surface area contributed by atoms with Crippen LogP contribution in [0, 0.1) is 0 Å². The molecule has 3 nitrogen and oxygen atoms in total. The smallest absolute Gasteiger partial charge is 0.180 e. The molecule has 0 radical (unpaired) electrons. The quantitative estimate of drug-likeness (QED) is 0.856. The van der Waals surface area contributed by atoms with Gasteiger partial charge in [0.2, 0.25) is 0 Å². The summed E-state index contributed by atoms with van der Waals surface area (Å²) in [6, 6.07) is 5.82. The highest BCUT2D eigenvalue weighted by Gasteiger charge is 2.40. The SMILES string of the molecule is COc1ccc2c(c1)C1CCN(C/C=C/Cl)C(C1)C2=O. The molecule has 1 aromatic rings. The van der Waals surface area contributed by atoms with Gasteiger partial charge in [0.15, 0.2) is 5.78 Å². The topological polar surface area (TPSA) is 29.5 Å². The van der Waals surface area contributed by atoms with E-state index in [2.05, 4.69) is 4.90 Å². The first-order valence-electron chi connectivity index (χ1n) is 6.96. The van der Waals surface area contributed by atoms with Crippen LogP contribution in [-0.4, -0.2) is 36.9 Å². The fourth-order valence-electron chi connectivity index (χ4n) is 3.37. The molecule has 20 heavy (non-hydrogen) atoms. The van der Waals surface area contributed by atoms with Crippen molar-refractivity contribution in [1.29, 1.82) is 0 Å². The molecule has 106 valence electrons. The second-order valence-corrected chi connectivity index (χ2v) is 5.66. The van der Waals surface area contributed by atoms with Gasteiger partial charge < -0.3 is 4.74 Å². The van der Waals surface area contributed by atoms with Crippen molar-refractivity contribution in [2.24, 2.45) is 0 Å². The van der Waals surface area contributed by atoms with Crippen LogP contribution in [0.2, 0.25) is 0 Å². The highest BCUT2D eigenvalue weighted by atomic mass is 35.5. The predicted molar refractivity (Wildman–Crippen MR) is 79.7 cm³/mol. The number of piperidine rings is 1. The van der Waals surface area contributed by atoms with Crippen molar-refractivity contribution in [3.8, 4) is 5.75 Å². The van der Waals surface area contributed by atoms with Gasteiger partial charge in [-0.3, -0.25) is 9.69 Å². The second-order valence-electron chi connectivity index (χ2n) is 5.41. The van der Waals surface area contributed by atoms with Crippen LogP contribution in [0.4, 0.5) is 0 Å². The molecule has 2 aliphatic rings. The molecule has 0 spiro atoms. The first-order valence-corrected chi connectivity index (χ1v) is 7.39. The normalized spacial score (nSPS) is 25.8. The van der Waals surface area contributed by atoms with E-state index in [0.29, 0.717) is 5.92 Å². The zero-order chi connectivity index (χ0) is 14.1. The number of ether oxygens (including phenoxy) is 1. The highest BCUT2D eigenvalue weighted by Crippen LogP contribution is 2.41. The minimum Gasteiger partial charge on any atom is -0.497 e. The molecule has 2 unspecified atom stereocenters. The average molecular weight is 292 g/mol. The number of carbonyl (C=O) groups is 1. The molecule has 3 rings (SSSR count). The lowest BCUT2D eigenvalue weighted by Crippen LogP contribution is -2.49. The number of ketones is 1. The van der Waals surface area contributed by atoms with Gasteiger partial charge in [0.1, 0.15) is 5.75 Å². The van der Waals surface area contributed by atoms with E-state index in [4.69, 9.17) is 16.3 Å². The number of methoxy groups -OCH3 is 1. The number of hydrogen-bond acceptors (Lipinski definition) is 3. The zero-order valence-electron chi connectivity index (χ0n) is 11.5. The lowest BCUT2D eigenvalue weighted by atomic mass is 9.74. The number of Topliss-reactive ketones (excluding diaryl/α,β-unsaturated/α-hetero) is 1. The van der Waals surface area contributed by atoms with Crippen molar-refractivity contribution >= 4 is 17.4 Å². The van der Waals surface area contributed by atoms with Crippen LogP contribution >= 0.6 is 11.6 Å². The third-order valence-electron chi connectivity index (χ3n) is 4.41. The van der Waals surface area contributed by atoms with Gasteiger partial charge in [-0.15, -0.1) is 0 Å². The first-order chi connectivity index (χ1) is 9.74. The Bertz CT molecular complexity index is 555. The largest absolute Gasteiger partial charge is 0.497 e. The summed E-state index contributed by atoms with van der Waals surface area (Å²) in [6.07, 6.45) is 3.90. The maximum Gasteiger partial charge on any atom is 0.180 e. The molecule has 1 fully saturated rings. The van der Waals surface area contributed by atoms with Crippen LogP contribution in [0.25, 0.3) is 0 Å². The summed E-state index contributed by atoms with van der Waals surface area (Å²) >= 11 is 5.60. The summed E-state index contributed by atoms with van der Waals surface area (Å²) in [7, 11) is 1.66. The monoisotopic (exact) mass is 291 g/mol. The van der Waals surface area contributed by atoms with Gasteiger partial charge in [-0.05, 0) is 49.1 Å². The molecule has 1 aliphatic carbocycles. The summed E-state index contributed by atoms with van der Waals surface area (Å²) in [5, 5.41) is 0. The molecule has 0 aromatic heterocycles. The van der Waals surface area contributed by atoms with Gasteiger partial charge in [0.25, 0.3) is 0 Å². The predicted octanol–water partition coefficient (Wildman–Crippen LogP) is 3.19. The molecule has 1 saturated heterocycles. The Kier molecular flexibility index (Phi) is 3.81. The fourth-order valence-corrected chi connectivity index (χ4v) is 3.45. The Morgan fingerprint density at radius 1 is 1.50 bits per heavy atom. The lowest BCUT2D eigenvalue weighted by molar-refractivity contribution is 0.0713. The summed E-state index contributed by atoms with van der Waals surface area (Å²) < 4.78 is 5.28. The number of nitrogens with zero attached hydrogens (tertiary/aromatic N) is 1. The van der Waals surface area contributed by atoms with E-state index in [0.717, 1.165) is 42.8 Å². The summed E-state index contributed by atoms with van der Waals surface area (Å²) in [6.45, 7) is 1.69. The van der Waals surface area contributed by atoms with E-state index in [1.54, 1.807) is 7.11 Å². The van der Waals surface area contributed by atoms with Crippen LogP contribution in [0.5, 0.6) is 5.75 Å². The summed E-state index contributed by atoms with van der Waals surface area (Å²) in [5.41, 5.74) is 3.56. The molecule has 2 atom stereocenters. The molecule has 1 heterocycles. The molecule has 4 heteroatoms. The standard InChI is InChI=1S/C16H18ClNO2/c1-20-12-3-4-13-14(10-12)11-5-8-18(7-2-6-17)15(9-11)16(13)19/h2-4,6,10-11,15H,5,7-9H2,1H3/b6-2+. The minimum absolute atomic E-state index is 0.00233. The fraction of sp³-hybridized carbons (Fsp3) is 0.438. The van der Waals surface area contributed by atoms with E-state index in [-0.39, 0.29) is 11.8 Å². The van der Waals surface area contributed by atoms with Crippen molar-refractivity contribution in [3.63, 3.8) is 0 Å². The maximum absolute atomic E-state index is 12.7. The summed E-state index contributed by atoms with van der Waals surface area (Å²) in [5.74, 6) is 1.54. The Balaban J connectivity index is 1.93. The molecule has 0 amide bonds. The van der Waals surface area contributed by atoms with Crippen molar-refractivity contribution in [1.82, 2.24) is 4.90 Å². The van der Waals surface area contributed by atoms with E-state index in [1.807, 2.05) is 24.3 Å². The minimum atomic E-state index is 0.00233. The van der Waals surface area contributed by atoms with Gasteiger partial charge in [-0.25, -0.2) is 0 Å². The lowest BCUT2D eigenvalue weighted by Gasteiger charge is -2.42. The summed E-state index contributed by atoms with van der Waals surface area (Å²) in [4.78, 5) is 14.9. The number of carbonyl (C=O) groups excluding carboxylic acids is 1. The van der Waals surface area contributed by atoms with Gasteiger partial charge in [-0.2, -0.15) is 0 Å². The third-order valence-corrected chi connectivity index (χ3v) is 4.59. The van der Waals surface area contributed by atoms with Crippen LogP contribution in [0.3, 0.4) is 0 Å². The highest BCUT2D eigenvalue weighted by molar-refractivity contribution is 6.25.